The molecule has 1 N–H and O–H groups in total. The number of anilines is 1. The number of carbonyl (C=O) groups is 1. The highest BCUT2D eigenvalue weighted by molar-refractivity contribution is 6.08. The summed E-state index contributed by atoms with van der Waals surface area (Å²) in [5, 5.41) is 1.02. The van der Waals surface area contributed by atoms with Crippen LogP contribution in [0, 0.1) is 6.92 Å². The maximum absolute atomic E-state index is 12.8. The van der Waals surface area contributed by atoms with Gasteiger partial charge in [-0.25, -0.2) is 0 Å². The molecular weight excluding hydrogens is 322 g/mol. The molecule has 0 unspecified atom stereocenters. The molecule has 0 amide bonds. The van der Waals surface area contributed by atoms with Crippen LogP contribution in [0.4, 0.5) is 5.69 Å². The van der Waals surface area contributed by atoms with Gasteiger partial charge in [0.1, 0.15) is 0 Å². The molecule has 4 heteroatoms. The Morgan fingerprint density at radius 2 is 2.00 bits per heavy atom. The predicted molar refractivity (Wildman–Crippen MR) is 107 cm³/mol. The summed E-state index contributed by atoms with van der Waals surface area (Å²) in [7, 11) is 0. The fourth-order valence-corrected chi connectivity index (χ4v) is 3.96. The number of hydrogen-bond acceptors (Lipinski definition) is 3. The van der Waals surface area contributed by atoms with Gasteiger partial charge < -0.3 is 9.88 Å². The molecule has 0 aliphatic carbocycles. The number of aromatic amines is 1. The molecule has 0 saturated carbocycles. The molecule has 1 atom stereocenters. The highest BCUT2D eigenvalue weighted by atomic mass is 16.1. The normalized spacial score (nSPS) is 18.4. The van der Waals surface area contributed by atoms with Crippen molar-refractivity contribution in [2.24, 2.45) is 0 Å². The van der Waals surface area contributed by atoms with Gasteiger partial charge in [0, 0.05) is 54.0 Å². The number of hydrogen-bond donors (Lipinski definition) is 1. The number of rotatable bonds is 4. The fraction of sp³-hybridized carbons (Fsp3) is 0.318. The number of benzene rings is 2. The Morgan fingerprint density at radius 3 is 2.81 bits per heavy atom. The molecule has 0 bridgehead atoms. The average Bonchev–Trinajstić information content (AvgIpc) is 3.06. The van der Waals surface area contributed by atoms with E-state index in [1.54, 1.807) is 0 Å². The number of nitrogens with zero attached hydrogens (tertiary/aromatic N) is 2. The molecule has 134 valence electrons. The summed E-state index contributed by atoms with van der Waals surface area (Å²) in [6.07, 6.45) is 1.85. The Labute approximate surface area is 154 Å². The SMILES string of the molecule is Cc1cccc(N2CCN(CC(=O)c3c[nH]c4ccccc34)C[C@@H]2C)c1. The number of aryl methyl sites for hydroxylation is 1. The van der Waals surface area contributed by atoms with Crippen LogP contribution < -0.4 is 4.90 Å². The Hall–Kier alpha value is -2.59. The highest BCUT2D eigenvalue weighted by Crippen LogP contribution is 2.23. The van der Waals surface area contributed by atoms with Crippen LogP contribution in [0.1, 0.15) is 22.8 Å². The standard InChI is InChI=1S/C22H25N3O/c1-16-6-5-7-18(12-16)25-11-10-24(14-17(25)2)15-22(26)20-13-23-21-9-4-3-8-19(20)21/h3-9,12-13,17,23H,10-11,14-15H2,1-2H3/t17-/m0/s1. The summed E-state index contributed by atoms with van der Waals surface area (Å²) in [6, 6.07) is 17.0. The number of piperazine rings is 1. The van der Waals surface area contributed by atoms with Gasteiger partial charge in [0.25, 0.3) is 0 Å². The van der Waals surface area contributed by atoms with E-state index in [1.807, 2.05) is 30.5 Å². The Kier molecular flexibility index (Phi) is 4.51. The maximum atomic E-state index is 12.8. The van der Waals surface area contributed by atoms with E-state index in [1.165, 1.54) is 11.3 Å². The van der Waals surface area contributed by atoms with E-state index in [2.05, 4.69) is 52.9 Å². The third kappa shape index (κ3) is 3.25. The van der Waals surface area contributed by atoms with Crippen LogP contribution in [0.25, 0.3) is 10.9 Å². The molecule has 1 fully saturated rings. The first-order valence-corrected chi connectivity index (χ1v) is 9.27. The molecule has 1 aliphatic heterocycles. The van der Waals surface area contributed by atoms with Crippen molar-refractivity contribution >= 4 is 22.4 Å². The minimum atomic E-state index is 0.193. The predicted octanol–water partition coefficient (Wildman–Crippen LogP) is 3.87. The third-order valence-electron chi connectivity index (χ3n) is 5.30. The van der Waals surface area contributed by atoms with E-state index >= 15 is 0 Å². The number of para-hydroxylation sites is 1. The van der Waals surface area contributed by atoms with Crippen molar-refractivity contribution in [3.63, 3.8) is 0 Å². The van der Waals surface area contributed by atoms with Crippen molar-refractivity contribution in [1.29, 1.82) is 0 Å². The first-order valence-electron chi connectivity index (χ1n) is 9.27. The highest BCUT2D eigenvalue weighted by Gasteiger charge is 2.26. The zero-order chi connectivity index (χ0) is 18.1. The van der Waals surface area contributed by atoms with Crippen LogP contribution in [0.5, 0.6) is 0 Å². The minimum Gasteiger partial charge on any atom is -0.366 e. The number of Topliss-reactive ketones (excluding diaryl/α,β-unsaturated/α-hetero) is 1. The molecule has 2 heterocycles. The lowest BCUT2D eigenvalue weighted by Crippen LogP contribution is -2.53. The summed E-state index contributed by atoms with van der Waals surface area (Å²) in [5.41, 5.74) is 4.38. The van der Waals surface area contributed by atoms with Crippen molar-refractivity contribution < 1.29 is 4.79 Å². The van der Waals surface area contributed by atoms with Gasteiger partial charge in [0.05, 0.1) is 6.54 Å². The monoisotopic (exact) mass is 347 g/mol. The van der Waals surface area contributed by atoms with Crippen molar-refractivity contribution in [2.45, 2.75) is 19.9 Å². The van der Waals surface area contributed by atoms with E-state index in [-0.39, 0.29) is 5.78 Å². The topological polar surface area (TPSA) is 39.3 Å². The van der Waals surface area contributed by atoms with Crippen LogP contribution in [-0.2, 0) is 0 Å². The Balaban J connectivity index is 1.43. The summed E-state index contributed by atoms with van der Waals surface area (Å²) in [4.78, 5) is 20.7. The van der Waals surface area contributed by atoms with E-state index in [0.717, 1.165) is 36.1 Å². The van der Waals surface area contributed by atoms with Crippen molar-refractivity contribution in [3.05, 3.63) is 65.9 Å². The van der Waals surface area contributed by atoms with Gasteiger partial charge in [0.2, 0.25) is 0 Å². The summed E-state index contributed by atoms with van der Waals surface area (Å²) in [6.45, 7) is 7.61. The molecule has 2 aromatic carbocycles. The molecular formula is C22H25N3O. The molecule has 0 radical (unpaired) electrons. The van der Waals surface area contributed by atoms with Crippen molar-refractivity contribution in [3.8, 4) is 0 Å². The Morgan fingerprint density at radius 1 is 1.15 bits per heavy atom. The van der Waals surface area contributed by atoms with E-state index in [0.29, 0.717) is 12.6 Å². The lowest BCUT2D eigenvalue weighted by Gasteiger charge is -2.41. The van der Waals surface area contributed by atoms with Crippen molar-refractivity contribution in [1.82, 2.24) is 9.88 Å². The second-order valence-electron chi connectivity index (χ2n) is 7.29. The maximum Gasteiger partial charge on any atom is 0.178 e. The van der Waals surface area contributed by atoms with Gasteiger partial charge in [-0.2, -0.15) is 0 Å². The van der Waals surface area contributed by atoms with Gasteiger partial charge in [-0.05, 0) is 37.6 Å². The smallest absolute Gasteiger partial charge is 0.178 e. The van der Waals surface area contributed by atoms with Gasteiger partial charge in [0.15, 0.2) is 5.78 Å². The van der Waals surface area contributed by atoms with E-state index in [9.17, 15) is 4.79 Å². The molecule has 4 rings (SSSR count). The van der Waals surface area contributed by atoms with Gasteiger partial charge in [-0.3, -0.25) is 9.69 Å². The number of fused-ring (bicyclic) bond motifs is 1. The lowest BCUT2D eigenvalue weighted by molar-refractivity contribution is 0.0919. The number of carbonyl (C=O) groups excluding carboxylic acids is 1. The molecule has 0 spiro atoms. The van der Waals surface area contributed by atoms with Crippen molar-refractivity contribution in [2.75, 3.05) is 31.1 Å². The number of H-pyrrole nitrogens is 1. The largest absolute Gasteiger partial charge is 0.366 e. The van der Waals surface area contributed by atoms with Crippen LogP contribution in [-0.4, -0.2) is 47.9 Å². The lowest BCUT2D eigenvalue weighted by atomic mass is 10.1. The number of ketones is 1. The second kappa shape index (κ2) is 6.96. The van der Waals surface area contributed by atoms with E-state index < -0.39 is 0 Å². The summed E-state index contributed by atoms with van der Waals surface area (Å²) < 4.78 is 0. The fourth-order valence-electron chi connectivity index (χ4n) is 3.96. The molecule has 26 heavy (non-hydrogen) atoms. The second-order valence-corrected chi connectivity index (χ2v) is 7.29. The van der Waals surface area contributed by atoms with Crippen LogP contribution in [0.2, 0.25) is 0 Å². The zero-order valence-electron chi connectivity index (χ0n) is 15.4. The third-order valence-corrected chi connectivity index (χ3v) is 5.30. The summed E-state index contributed by atoms with van der Waals surface area (Å²) in [5.74, 6) is 0.193. The van der Waals surface area contributed by atoms with Crippen LogP contribution in [0.3, 0.4) is 0 Å². The zero-order valence-corrected chi connectivity index (χ0v) is 15.4. The van der Waals surface area contributed by atoms with Gasteiger partial charge in [-0.15, -0.1) is 0 Å². The van der Waals surface area contributed by atoms with Gasteiger partial charge in [-0.1, -0.05) is 30.3 Å². The van der Waals surface area contributed by atoms with E-state index in [4.69, 9.17) is 0 Å². The number of nitrogens with one attached hydrogen (secondary N) is 1. The van der Waals surface area contributed by atoms with Gasteiger partial charge >= 0.3 is 0 Å². The average molecular weight is 347 g/mol. The molecule has 1 aromatic heterocycles. The van der Waals surface area contributed by atoms with Crippen LogP contribution in [0.15, 0.2) is 54.7 Å². The molecule has 1 aliphatic rings. The first-order chi connectivity index (χ1) is 12.6. The quantitative estimate of drug-likeness (QED) is 0.728. The Bertz CT molecular complexity index is 930. The first kappa shape index (κ1) is 16.9. The molecule has 1 saturated heterocycles. The molecule has 4 nitrogen and oxygen atoms in total. The number of aromatic nitrogens is 1. The minimum absolute atomic E-state index is 0.193. The van der Waals surface area contributed by atoms with Crippen LogP contribution >= 0.6 is 0 Å². The molecule has 3 aromatic rings. The summed E-state index contributed by atoms with van der Waals surface area (Å²) >= 11 is 0.